The lowest BCUT2D eigenvalue weighted by atomic mass is 10.2. The number of carbonyl (C=O) groups excluding carboxylic acids is 2. The van der Waals surface area contributed by atoms with Crippen LogP contribution in [0.5, 0.6) is 0 Å². The zero-order chi connectivity index (χ0) is 12.1. The van der Waals surface area contributed by atoms with Gasteiger partial charge in [-0.15, -0.1) is 0 Å². The van der Waals surface area contributed by atoms with E-state index in [-0.39, 0.29) is 24.9 Å². The zero-order valence-corrected chi connectivity index (χ0v) is 9.31. The van der Waals surface area contributed by atoms with Crippen LogP contribution in [-0.4, -0.2) is 58.9 Å². The molecule has 0 spiro atoms. The Balaban J connectivity index is 2.53. The first kappa shape index (κ1) is 12.5. The Kier molecular flexibility index (Phi) is 4.28. The van der Waals surface area contributed by atoms with E-state index in [9.17, 15) is 14.4 Å². The second kappa shape index (κ2) is 5.48. The van der Waals surface area contributed by atoms with Crippen LogP contribution in [0.2, 0.25) is 0 Å². The molecule has 0 aliphatic carbocycles. The van der Waals surface area contributed by atoms with Crippen LogP contribution in [-0.2, 0) is 14.4 Å². The molecule has 0 saturated carbocycles. The predicted molar refractivity (Wildman–Crippen MR) is 55.7 cm³/mol. The van der Waals surface area contributed by atoms with E-state index in [1.54, 1.807) is 0 Å². The summed E-state index contributed by atoms with van der Waals surface area (Å²) in [5.74, 6) is -1.56. The van der Waals surface area contributed by atoms with Crippen molar-refractivity contribution in [1.82, 2.24) is 9.80 Å². The van der Waals surface area contributed by atoms with Gasteiger partial charge in [0.15, 0.2) is 0 Å². The third kappa shape index (κ3) is 3.22. The molecule has 6 heteroatoms. The van der Waals surface area contributed by atoms with Crippen molar-refractivity contribution in [2.75, 3.05) is 26.2 Å². The topological polar surface area (TPSA) is 77.9 Å². The molecule has 1 rings (SSSR count). The Morgan fingerprint density at radius 3 is 2.38 bits per heavy atom. The molecule has 1 aliphatic heterocycles. The van der Waals surface area contributed by atoms with Gasteiger partial charge < -0.3 is 14.9 Å². The average molecular weight is 228 g/mol. The van der Waals surface area contributed by atoms with E-state index in [4.69, 9.17) is 5.11 Å². The van der Waals surface area contributed by atoms with E-state index in [2.05, 4.69) is 0 Å². The monoisotopic (exact) mass is 228 g/mol. The molecule has 6 nitrogen and oxygen atoms in total. The summed E-state index contributed by atoms with van der Waals surface area (Å²) >= 11 is 0. The maximum absolute atomic E-state index is 11.6. The minimum absolute atomic E-state index is 0.00606. The lowest BCUT2D eigenvalue weighted by Crippen LogP contribution is -2.55. The van der Waals surface area contributed by atoms with Crippen molar-refractivity contribution in [3.05, 3.63) is 0 Å². The lowest BCUT2D eigenvalue weighted by Gasteiger charge is -2.32. The summed E-state index contributed by atoms with van der Waals surface area (Å²) in [6.45, 7) is 2.07. The Morgan fingerprint density at radius 1 is 1.25 bits per heavy atom. The van der Waals surface area contributed by atoms with E-state index in [0.717, 1.165) is 17.7 Å². The predicted octanol–water partition coefficient (Wildman–Crippen LogP) is -0.458. The molecule has 0 radical (unpaired) electrons. The van der Waals surface area contributed by atoms with E-state index < -0.39 is 12.5 Å². The maximum atomic E-state index is 11.6. The SMILES string of the molecule is CCCCN1CC(=O)N(CC(=O)O)CC1=O. The van der Waals surface area contributed by atoms with Crippen molar-refractivity contribution in [2.45, 2.75) is 19.8 Å². The highest BCUT2D eigenvalue weighted by molar-refractivity contribution is 5.94. The summed E-state index contributed by atoms with van der Waals surface area (Å²) in [6.07, 6.45) is 1.81. The Morgan fingerprint density at radius 2 is 1.81 bits per heavy atom. The Labute approximate surface area is 93.8 Å². The average Bonchev–Trinajstić information content (AvgIpc) is 2.20. The summed E-state index contributed by atoms with van der Waals surface area (Å²) in [6, 6.07) is 0. The van der Waals surface area contributed by atoms with E-state index in [0.29, 0.717) is 6.54 Å². The summed E-state index contributed by atoms with van der Waals surface area (Å²) < 4.78 is 0. The van der Waals surface area contributed by atoms with Crippen LogP contribution in [0.4, 0.5) is 0 Å². The van der Waals surface area contributed by atoms with Crippen LogP contribution < -0.4 is 0 Å². The Hall–Kier alpha value is -1.59. The molecule has 1 N–H and O–H groups in total. The molecule has 0 aromatic carbocycles. The molecule has 1 fully saturated rings. The number of hydrogen-bond acceptors (Lipinski definition) is 3. The first-order valence-electron chi connectivity index (χ1n) is 5.32. The van der Waals surface area contributed by atoms with Gasteiger partial charge >= 0.3 is 5.97 Å². The first-order chi connectivity index (χ1) is 7.54. The van der Waals surface area contributed by atoms with Gasteiger partial charge in [0.25, 0.3) is 0 Å². The summed E-state index contributed by atoms with van der Waals surface area (Å²) in [5, 5.41) is 8.56. The molecular weight excluding hydrogens is 212 g/mol. The highest BCUT2D eigenvalue weighted by Crippen LogP contribution is 2.06. The number of unbranched alkanes of at least 4 members (excludes halogenated alkanes) is 1. The molecule has 90 valence electrons. The normalized spacial score (nSPS) is 16.8. The van der Waals surface area contributed by atoms with Gasteiger partial charge in [-0.25, -0.2) is 0 Å². The molecule has 16 heavy (non-hydrogen) atoms. The minimum atomic E-state index is -1.09. The fourth-order valence-corrected chi connectivity index (χ4v) is 1.56. The van der Waals surface area contributed by atoms with Crippen LogP contribution in [0.25, 0.3) is 0 Å². The third-order valence-electron chi connectivity index (χ3n) is 2.47. The number of piperazine rings is 1. The molecule has 1 saturated heterocycles. The summed E-state index contributed by atoms with van der Waals surface area (Å²) in [5.41, 5.74) is 0. The fraction of sp³-hybridized carbons (Fsp3) is 0.700. The number of carboxylic acid groups (broad SMARTS) is 1. The van der Waals surface area contributed by atoms with Crippen molar-refractivity contribution in [1.29, 1.82) is 0 Å². The first-order valence-corrected chi connectivity index (χ1v) is 5.32. The van der Waals surface area contributed by atoms with Crippen LogP contribution in [0.1, 0.15) is 19.8 Å². The number of amides is 2. The Bertz CT molecular complexity index is 303. The summed E-state index contributed by atoms with van der Waals surface area (Å²) in [7, 11) is 0. The molecular formula is C10H16N2O4. The van der Waals surface area contributed by atoms with Crippen LogP contribution >= 0.6 is 0 Å². The number of carbonyl (C=O) groups is 3. The number of rotatable bonds is 5. The second-order valence-electron chi connectivity index (χ2n) is 3.81. The standard InChI is InChI=1S/C10H16N2O4/c1-2-3-4-11-5-9(14)12(6-8(11)13)7-10(15)16/h2-7H2,1H3,(H,15,16). The van der Waals surface area contributed by atoms with E-state index in [1.165, 1.54) is 4.90 Å². The van der Waals surface area contributed by atoms with Gasteiger partial charge in [-0.3, -0.25) is 14.4 Å². The van der Waals surface area contributed by atoms with E-state index in [1.807, 2.05) is 6.92 Å². The molecule has 2 amide bonds. The molecule has 1 heterocycles. The van der Waals surface area contributed by atoms with Gasteiger partial charge in [0.05, 0.1) is 6.54 Å². The quantitative estimate of drug-likeness (QED) is 0.690. The molecule has 0 aromatic rings. The molecule has 0 aromatic heterocycles. The fourth-order valence-electron chi connectivity index (χ4n) is 1.56. The van der Waals surface area contributed by atoms with Crippen molar-refractivity contribution in [3.63, 3.8) is 0 Å². The van der Waals surface area contributed by atoms with Gasteiger partial charge in [0.2, 0.25) is 11.8 Å². The van der Waals surface area contributed by atoms with Crippen molar-refractivity contribution >= 4 is 17.8 Å². The minimum Gasteiger partial charge on any atom is -0.480 e. The van der Waals surface area contributed by atoms with E-state index >= 15 is 0 Å². The third-order valence-corrected chi connectivity index (χ3v) is 2.47. The van der Waals surface area contributed by atoms with Gasteiger partial charge in [0.1, 0.15) is 13.1 Å². The number of aliphatic carboxylic acids is 1. The van der Waals surface area contributed by atoms with Crippen molar-refractivity contribution in [3.8, 4) is 0 Å². The second-order valence-corrected chi connectivity index (χ2v) is 3.81. The maximum Gasteiger partial charge on any atom is 0.323 e. The largest absolute Gasteiger partial charge is 0.480 e. The van der Waals surface area contributed by atoms with Crippen LogP contribution in [0, 0.1) is 0 Å². The molecule has 1 aliphatic rings. The van der Waals surface area contributed by atoms with Gasteiger partial charge in [-0.1, -0.05) is 13.3 Å². The van der Waals surface area contributed by atoms with Gasteiger partial charge in [-0.05, 0) is 6.42 Å². The van der Waals surface area contributed by atoms with Crippen LogP contribution in [0.3, 0.4) is 0 Å². The van der Waals surface area contributed by atoms with Crippen LogP contribution in [0.15, 0.2) is 0 Å². The number of nitrogens with zero attached hydrogens (tertiary/aromatic N) is 2. The highest BCUT2D eigenvalue weighted by Gasteiger charge is 2.30. The van der Waals surface area contributed by atoms with Gasteiger partial charge in [-0.2, -0.15) is 0 Å². The zero-order valence-electron chi connectivity index (χ0n) is 9.31. The smallest absolute Gasteiger partial charge is 0.323 e. The molecule has 0 unspecified atom stereocenters. The highest BCUT2D eigenvalue weighted by atomic mass is 16.4. The molecule has 0 atom stereocenters. The molecule has 0 bridgehead atoms. The lowest BCUT2D eigenvalue weighted by molar-refractivity contribution is -0.154. The summed E-state index contributed by atoms with van der Waals surface area (Å²) in [4.78, 5) is 36.1. The van der Waals surface area contributed by atoms with Crippen molar-refractivity contribution in [2.24, 2.45) is 0 Å². The van der Waals surface area contributed by atoms with Gasteiger partial charge in [0, 0.05) is 6.54 Å². The number of hydrogen-bond donors (Lipinski definition) is 1. The van der Waals surface area contributed by atoms with Crippen molar-refractivity contribution < 1.29 is 19.5 Å². The number of carboxylic acids is 1.